The van der Waals surface area contributed by atoms with E-state index >= 15 is 0 Å². The van der Waals surface area contributed by atoms with Gasteiger partial charge in [-0.15, -0.1) is 0 Å². The Morgan fingerprint density at radius 1 is 1.04 bits per heavy atom. The zero-order chi connectivity index (χ0) is 21.1. The van der Waals surface area contributed by atoms with Gasteiger partial charge in [-0.05, 0) is 31.0 Å². The van der Waals surface area contributed by atoms with Crippen LogP contribution in [0.1, 0.15) is 33.6 Å². The fourth-order valence-electron chi connectivity index (χ4n) is 2.92. The van der Waals surface area contributed by atoms with E-state index in [0.717, 1.165) is 30.8 Å². The molecule has 12 heteroatoms. The number of sulfonamides is 2. The Bertz CT molecular complexity index is 964. The van der Waals surface area contributed by atoms with Gasteiger partial charge in [-0.2, -0.15) is 4.31 Å². The van der Waals surface area contributed by atoms with Crippen LogP contribution in [0.15, 0.2) is 23.1 Å². The molecule has 10 nitrogen and oxygen atoms in total. The van der Waals surface area contributed by atoms with Crippen LogP contribution < -0.4 is 4.72 Å². The van der Waals surface area contributed by atoms with E-state index in [9.17, 15) is 26.4 Å². The van der Waals surface area contributed by atoms with Crippen LogP contribution in [0.2, 0.25) is 0 Å². The highest BCUT2D eigenvalue weighted by Gasteiger charge is 2.34. The number of benzene rings is 1. The van der Waals surface area contributed by atoms with Gasteiger partial charge in [0.1, 0.15) is 0 Å². The van der Waals surface area contributed by atoms with Gasteiger partial charge < -0.3 is 9.47 Å². The second kappa shape index (κ2) is 8.55. The highest BCUT2D eigenvalue weighted by Crippen LogP contribution is 2.26. The van der Waals surface area contributed by atoms with Crippen molar-refractivity contribution in [1.29, 1.82) is 0 Å². The van der Waals surface area contributed by atoms with Gasteiger partial charge in [-0.3, -0.25) is 0 Å². The Hall–Kier alpha value is -2.02. The first-order valence-corrected chi connectivity index (χ1v) is 11.6. The number of carbonyl (C=O) groups is 2. The summed E-state index contributed by atoms with van der Waals surface area (Å²) in [6, 6.07) is 3.18. The smallest absolute Gasteiger partial charge is 0.339 e. The standard InChI is InChI=1S/C16H22N2O8S2/c1-25-15(19)11-4-5-13(16(20)26-2)14(10-11)28(23,24)18-8-6-12(7-9-18)17-27(3,21)22/h4-5,10,12,17H,6-9H2,1-3H3. The molecule has 1 heterocycles. The van der Waals surface area contributed by atoms with Crippen LogP contribution in [0, 0.1) is 0 Å². The van der Waals surface area contributed by atoms with Crippen LogP contribution in [0.25, 0.3) is 0 Å². The average molecular weight is 434 g/mol. The van der Waals surface area contributed by atoms with Crippen LogP contribution in [-0.4, -0.2) is 72.7 Å². The van der Waals surface area contributed by atoms with Crippen LogP contribution in [0.3, 0.4) is 0 Å². The summed E-state index contributed by atoms with van der Waals surface area (Å²) in [5.41, 5.74) is -0.228. The molecule has 0 saturated carbocycles. The Kier molecular flexibility index (Phi) is 6.80. The van der Waals surface area contributed by atoms with Crippen molar-refractivity contribution in [3.8, 4) is 0 Å². The second-order valence-corrected chi connectivity index (χ2v) is 9.95. The van der Waals surface area contributed by atoms with Gasteiger partial charge in [0.25, 0.3) is 0 Å². The lowest BCUT2D eigenvalue weighted by atomic mass is 10.1. The maximum absolute atomic E-state index is 13.1. The van der Waals surface area contributed by atoms with Crippen molar-refractivity contribution in [3.05, 3.63) is 29.3 Å². The molecule has 156 valence electrons. The monoisotopic (exact) mass is 434 g/mol. The Morgan fingerprint density at radius 3 is 2.11 bits per heavy atom. The molecule has 1 N–H and O–H groups in total. The number of methoxy groups -OCH3 is 2. The van der Waals surface area contributed by atoms with Crippen molar-refractivity contribution in [2.45, 2.75) is 23.8 Å². The van der Waals surface area contributed by atoms with Crippen LogP contribution in [0.4, 0.5) is 0 Å². The average Bonchev–Trinajstić information content (AvgIpc) is 2.65. The quantitative estimate of drug-likeness (QED) is 0.616. The number of hydrogen-bond donors (Lipinski definition) is 1. The lowest BCUT2D eigenvalue weighted by Crippen LogP contribution is -2.46. The third-order valence-electron chi connectivity index (χ3n) is 4.26. The number of nitrogens with one attached hydrogen (secondary N) is 1. The normalized spacial score (nSPS) is 16.5. The van der Waals surface area contributed by atoms with Crippen LogP contribution >= 0.6 is 0 Å². The topological polar surface area (TPSA) is 136 Å². The number of carbonyl (C=O) groups excluding carboxylic acids is 2. The highest BCUT2D eigenvalue weighted by molar-refractivity contribution is 7.89. The van der Waals surface area contributed by atoms with Crippen LogP contribution in [0.5, 0.6) is 0 Å². The fraction of sp³-hybridized carbons (Fsp3) is 0.500. The first-order chi connectivity index (χ1) is 13.0. The molecule has 0 radical (unpaired) electrons. The van der Waals surface area contributed by atoms with Crippen molar-refractivity contribution < 1.29 is 35.9 Å². The third-order valence-corrected chi connectivity index (χ3v) is 6.96. The molecule has 0 unspecified atom stereocenters. The molecule has 2 rings (SSSR count). The first kappa shape index (κ1) is 22.3. The predicted molar refractivity (Wildman–Crippen MR) is 98.9 cm³/mol. The zero-order valence-electron chi connectivity index (χ0n) is 15.7. The summed E-state index contributed by atoms with van der Waals surface area (Å²) in [5.74, 6) is -1.60. The van der Waals surface area contributed by atoms with Gasteiger partial charge >= 0.3 is 11.9 Å². The minimum Gasteiger partial charge on any atom is -0.465 e. The molecule has 1 aliphatic heterocycles. The summed E-state index contributed by atoms with van der Waals surface area (Å²) in [4.78, 5) is 23.4. The van der Waals surface area contributed by atoms with E-state index in [-0.39, 0.29) is 48.0 Å². The summed E-state index contributed by atoms with van der Waals surface area (Å²) in [6.45, 7) is 0.108. The molecule has 1 aliphatic rings. The van der Waals surface area contributed by atoms with E-state index in [2.05, 4.69) is 14.2 Å². The largest absolute Gasteiger partial charge is 0.465 e. The van der Waals surface area contributed by atoms with Crippen molar-refractivity contribution in [2.24, 2.45) is 0 Å². The summed E-state index contributed by atoms with van der Waals surface area (Å²) in [7, 11) is -5.25. The van der Waals surface area contributed by atoms with Gasteiger partial charge in [0.05, 0.1) is 36.5 Å². The molecule has 1 saturated heterocycles. The Morgan fingerprint density at radius 2 is 1.61 bits per heavy atom. The van der Waals surface area contributed by atoms with Crippen molar-refractivity contribution in [1.82, 2.24) is 9.03 Å². The minimum absolute atomic E-state index is 0.0256. The van der Waals surface area contributed by atoms with Crippen LogP contribution in [-0.2, 0) is 29.5 Å². The lowest BCUT2D eigenvalue weighted by molar-refractivity contribution is 0.0583. The molecule has 0 bridgehead atoms. The number of hydrogen-bond acceptors (Lipinski definition) is 8. The van der Waals surface area contributed by atoms with Gasteiger partial charge in [0.15, 0.2) is 0 Å². The molecule has 0 spiro atoms. The predicted octanol–water partition coefficient (Wildman–Crippen LogP) is -0.0379. The molecule has 28 heavy (non-hydrogen) atoms. The highest BCUT2D eigenvalue weighted by atomic mass is 32.2. The van der Waals surface area contributed by atoms with E-state index in [1.807, 2.05) is 0 Å². The number of rotatable bonds is 6. The maximum Gasteiger partial charge on any atom is 0.339 e. The van der Waals surface area contributed by atoms with E-state index in [1.165, 1.54) is 12.1 Å². The molecule has 0 aliphatic carbocycles. The van der Waals surface area contributed by atoms with Gasteiger partial charge in [0.2, 0.25) is 20.0 Å². The molecule has 0 atom stereocenters. The van der Waals surface area contributed by atoms with E-state index in [1.54, 1.807) is 0 Å². The Labute approximate surface area is 163 Å². The Balaban J connectivity index is 2.36. The van der Waals surface area contributed by atoms with E-state index in [4.69, 9.17) is 0 Å². The van der Waals surface area contributed by atoms with Gasteiger partial charge in [-0.1, -0.05) is 0 Å². The number of nitrogens with zero attached hydrogens (tertiary/aromatic N) is 1. The van der Waals surface area contributed by atoms with Crippen molar-refractivity contribution >= 4 is 32.0 Å². The third kappa shape index (κ3) is 5.07. The van der Waals surface area contributed by atoms with Crippen molar-refractivity contribution in [3.63, 3.8) is 0 Å². The lowest BCUT2D eigenvalue weighted by Gasteiger charge is -2.31. The molecular formula is C16H22N2O8S2. The van der Waals surface area contributed by atoms with Gasteiger partial charge in [0, 0.05) is 19.1 Å². The summed E-state index contributed by atoms with van der Waals surface area (Å²) >= 11 is 0. The molecule has 0 aromatic heterocycles. The maximum atomic E-state index is 13.1. The van der Waals surface area contributed by atoms with Crippen molar-refractivity contribution in [2.75, 3.05) is 33.6 Å². The fourth-order valence-corrected chi connectivity index (χ4v) is 5.43. The summed E-state index contributed by atoms with van der Waals surface area (Å²) in [5, 5.41) is 0. The number of piperidine rings is 1. The zero-order valence-corrected chi connectivity index (χ0v) is 17.3. The molecular weight excluding hydrogens is 412 g/mol. The van der Waals surface area contributed by atoms with E-state index in [0.29, 0.717) is 0 Å². The molecule has 1 aromatic carbocycles. The first-order valence-electron chi connectivity index (χ1n) is 8.27. The summed E-state index contributed by atoms with van der Waals surface area (Å²) in [6.07, 6.45) is 1.59. The SMILES string of the molecule is COC(=O)c1ccc(C(=O)OC)c(S(=O)(=O)N2CCC(NS(C)(=O)=O)CC2)c1. The summed E-state index contributed by atoms with van der Waals surface area (Å²) < 4.78 is 61.8. The van der Waals surface area contributed by atoms with Gasteiger partial charge in [-0.25, -0.2) is 31.1 Å². The number of esters is 2. The molecule has 0 amide bonds. The second-order valence-electron chi connectivity index (χ2n) is 6.26. The van der Waals surface area contributed by atoms with E-state index < -0.39 is 32.0 Å². The molecule has 1 aromatic rings. The molecule has 1 fully saturated rings. The number of ether oxygens (including phenoxy) is 2. The minimum atomic E-state index is -4.13.